The molecular formula is C17H24O5. The van der Waals surface area contributed by atoms with E-state index < -0.39 is 5.97 Å². The average Bonchev–Trinajstić information content (AvgIpc) is 2.53. The second kappa shape index (κ2) is 11.7. The number of ether oxygens (including phenoxy) is 2. The van der Waals surface area contributed by atoms with Crippen LogP contribution in [0.15, 0.2) is 30.3 Å². The number of esters is 1. The number of hydrogen-bond donors (Lipinski definition) is 1. The molecule has 0 bridgehead atoms. The van der Waals surface area contributed by atoms with E-state index in [9.17, 15) is 9.59 Å². The molecule has 0 radical (unpaired) electrons. The second-order valence-electron chi connectivity index (χ2n) is 5.07. The summed E-state index contributed by atoms with van der Waals surface area (Å²) >= 11 is 0. The van der Waals surface area contributed by atoms with Crippen LogP contribution in [-0.2, 0) is 25.7 Å². The lowest BCUT2D eigenvalue weighted by Gasteiger charge is -2.08. The Morgan fingerprint density at radius 2 is 1.95 bits per heavy atom. The number of carbonyl (C=O) groups is 2. The SMILES string of the molecule is O=C(O)CCCCOCc1ccccc1.O=C1CCCCO1. The van der Waals surface area contributed by atoms with Crippen molar-refractivity contribution in [2.75, 3.05) is 13.2 Å². The maximum absolute atomic E-state index is 10.2. The van der Waals surface area contributed by atoms with E-state index in [1.54, 1.807) is 0 Å². The highest BCUT2D eigenvalue weighted by molar-refractivity contribution is 5.69. The summed E-state index contributed by atoms with van der Waals surface area (Å²) in [7, 11) is 0. The van der Waals surface area contributed by atoms with Gasteiger partial charge in [0.25, 0.3) is 0 Å². The molecule has 5 nitrogen and oxygen atoms in total. The lowest BCUT2D eigenvalue weighted by molar-refractivity contribution is -0.146. The van der Waals surface area contributed by atoms with E-state index in [0.29, 0.717) is 32.7 Å². The molecule has 1 fully saturated rings. The Balaban J connectivity index is 0.000000287. The van der Waals surface area contributed by atoms with Crippen LogP contribution in [0.4, 0.5) is 0 Å². The lowest BCUT2D eigenvalue weighted by Crippen LogP contribution is -2.10. The molecule has 1 aliphatic heterocycles. The highest BCUT2D eigenvalue weighted by Crippen LogP contribution is 2.04. The van der Waals surface area contributed by atoms with E-state index >= 15 is 0 Å². The molecule has 2 rings (SSSR count). The normalized spacial score (nSPS) is 13.7. The van der Waals surface area contributed by atoms with Crippen LogP contribution < -0.4 is 0 Å². The number of carbonyl (C=O) groups excluding carboxylic acids is 1. The smallest absolute Gasteiger partial charge is 0.305 e. The van der Waals surface area contributed by atoms with Crippen molar-refractivity contribution >= 4 is 11.9 Å². The Bertz CT molecular complexity index is 422. The van der Waals surface area contributed by atoms with Crippen molar-refractivity contribution in [3.63, 3.8) is 0 Å². The molecule has 1 heterocycles. The molecule has 0 amide bonds. The summed E-state index contributed by atoms with van der Waals surface area (Å²) in [4.78, 5) is 20.5. The summed E-state index contributed by atoms with van der Waals surface area (Å²) in [5.74, 6) is -0.774. The molecule has 1 aromatic carbocycles. The molecule has 0 atom stereocenters. The first-order chi connectivity index (χ1) is 10.7. The second-order valence-corrected chi connectivity index (χ2v) is 5.07. The van der Waals surface area contributed by atoms with Crippen molar-refractivity contribution in [2.45, 2.75) is 45.1 Å². The van der Waals surface area contributed by atoms with Crippen molar-refractivity contribution in [3.05, 3.63) is 35.9 Å². The van der Waals surface area contributed by atoms with E-state index in [1.165, 1.54) is 0 Å². The van der Waals surface area contributed by atoms with Crippen molar-refractivity contribution < 1.29 is 24.2 Å². The van der Waals surface area contributed by atoms with Crippen molar-refractivity contribution in [1.82, 2.24) is 0 Å². The van der Waals surface area contributed by atoms with Crippen LogP contribution in [0.1, 0.15) is 44.1 Å². The minimum Gasteiger partial charge on any atom is -0.481 e. The van der Waals surface area contributed by atoms with Gasteiger partial charge in [0.15, 0.2) is 0 Å². The van der Waals surface area contributed by atoms with Crippen molar-refractivity contribution in [2.24, 2.45) is 0 Å². The van der Waals surface area contributed by atoms with Gasteiger partial charge in [-0.2, -0.15) is 0 Å². The largest absolute Gasteiger partial charge is 0.481 e. The predicted octanol–water partition coefficient (Wildman–Crippen LogP) is 3.17. The zero-order valence-corrected chi connectivity index (χ0v) is 12.8. The van der Waals surface area contributed by atoms with Gasteiger partial charge in [-0.1, -0.05) is 30.3 Å². The van der Waals surface area contributed by atoms with Crippen LogP contribution in [0.25, 0.3) is 0 Å². The molecule has 1 aromatic rings. The molecule has 0 aromatic heterocycles. The quantitative estimate of drug-likeness (QED) is 0.618. The lowest BCUT2D eigenvalue weighted by atomic mass is 10.2. The number of hydrogen-bond acceptors (Lipinski definition) is 4. The average molecular weight is 308 g/mol. The van der Waals surface area contributed by atoms with Gasteiger partial charge in [0.2, 0.25) is 0 Å². The molecule has 0 saturated carbocycles. The summed E-state index contributed by atoms with van der Waals surface area (Å²) in [5, 5.41) is 8.41. The Kier molecular flexibility index (Phi) is 9.70. The number of carboxylic acid groups (broad SMARTS) is 1. The van der Waals surface area contributed by atoms with Gasteiger partial charge in [-0.15, -0.1) is 0 Å². The number of rotatable bonds is 7. The minimum atomic E-state index is -0.738. The molecule has 122 valence electrons. The monoisotopic (exact) mass is 308 g/mol. The standard InChI is InChI=1S/C12H16O3.C5H8O2/c13-12(14)8-4-5-9-15-10-11-6-2-1-3-7-11;6-5-3-1-2-4-7-5/h1-3,6-7H,4-5,8-10H2,(H,13,14);1-4H2. The van der Waals surface area contributed by atoms with Crippen molar-refractivity contribution in [3.8, 4) is 0 Å². The number of aliphatic carboxylic acids is 1. The van der Waals surface area contributed by atoms with Crippen LogP contribution in [0.2, 0.25) is 0 Å². The summed E-state index contributed by atoms with van der Waals surface area (Å²) in [5.41, 5.74) is 1.15. The topological polar surface area (TPSA) is 72.8 Å². The summed E-state index contributed by atoms with van der Waals surface area (Å²) in [6.45, 7) is 1.87. The fourth-order valence-electron chi connectivity index (χ4n) is 1.87. The van der Waals surface area contributed by atoms with Crippen LogP contribution in [-0.4, -0.2) is 30.3 Å². The Morgan fingerprint density at radius 1 is 1.18 bits per heavy atom. The zero-order valence-electron chi connectivity index (χ0n) is 12.8. The van der Waals surface area contributed by atoms with Gasteiger partial charge < -0.3 is 14.6 Å². The molecule has 22 heavy (non-hydrogen) atoms. The summed E-state index contributed by atoms with van der Waals surface area (Å²) < 4.78 is 10.0. The van der Waals surface area contributed by atoms with E-state index in [2.05, 4.69) is 4.74 Å². The first-order valence-electron chi connectivity index (χ1n) is 7.67. The van der Waals surface area contributed by atoms with Gasteiger partial charge in [0, 0.05) is 19.4 Å². The molecule has 0 unspecified atom stereocenters. The van der Waals surface area contributed by atoms with Crippen LogP contribution >= 0.6 is 0 Å². The molecule has 0 aliphatic carbocycles. The maximum Gasteiger partial charge on any atom is 0.305 e. The first-order valence-corrected chi connectivity index (χ1v) is 7.67. The Labute approximate surface area is 131 Å². The van der Waals surface area contributed by atoms with Gasteiger partial charge >= 0.3 is 11.9 Å². The third kappa shape index (κ3) is 9.94. The molecular weight excluding hydrogens is 284 g/mol. The number of benzene rings is 1. The first kappa shape index (κ1) is 18.2. The summed E-state index contributed by atoms with van der Waals surface area (Å²) in [6, 6.07) is 9.94. The van der Waals surface area contributed by atoms with Crippen LogP contribution in [0.3, 0.4) is 0 Å². The third-order valence-corrected chi connectivity index (χ3v) is 3.08. The molecule has 1 aliphatic rings. The van der Waals surface area contributed by atoms with E-state index in [1.807, 2.05) is 30.3 Å². The van der Waals surface area contributed by atoms with Gasteiger partial charge in [-0.3, -0.25) is 9.59 Å². The third-order valence-electron chi connectivity index (χ3n) is 3.08. The Morgan fingerprint density at radius 3 is 2.50 bits per heavy atom. The molecule has 1 N–H and O–H groups in total. The predicted molar refractivity (Wildman–Crippen MR) is 82.4 cm³/mol. The van der Waals surface area contributed by atoms with Gasteiger partial charge in [-0.05, 0) is 31.2 Å². The van der Waals surface area contributed by atoms with E-state index in [-0.39, 0.29) is 12.4 Å². The molecule has 0 spiro atoms. The number of carboxylic acids is 1. The van der Waals surface area contributed by atoms with Gasteiger partial charge in [0.1, 0.15) is 0 Å². The fourth-order valence-corrected chi connectivity index (χ4v) is 1.87. The summed E-state index contributed by atoms with van der Waals surface area (Å²) in [6.07, 6.45) is 4.41. The van der Waals surface area contributed by atoms with Crippen LogP contribution in [0, 0.1) is 0 Å². The van der Waals surface area contributed by atoms with E-state index in [0.717, 1.165) is 24.8 Å². The molecule has 5 heteroatoms. The highest BCUT2D eigenvalue weighted by atomic mass is 16.5. The highest BCUT2D eigenvalue weighted by Gasteiger charge is 2.06. The maximum atomic E-state index is 10.2. The zero-order chi connectivity index (χ0) is 16.0. The van der Waals surface area contributed by atoms with Crippen molar-refractivity contribution in [1.29, 1.82) is 0 Å². The number of cyclic esters (lactones) is 1. The number of unbranched alkanes of at least 4 members (excludes halogenated alkanes) is 1. The van der Waals surface area contributed by atoms with E-state index in [4.69, 9.17) is 9.84 Å². The van der Waals surface area contributed by atoms with Crippen LogP contribution in [0.5, 0.6) is 0 Å². The fraction of sp³-hybridized carbons (Fsp3) is 0.529. The molecule has 1 saturated heterocycles. The van der Waals surface area contributed by atoms with Gasteiger partial charge in [-0.25, -0.2) is 0 Å². The minimum absolute atomic E-state index is 0.0359. The van der Waals surface area contributed by atoms with Gasteiger partial charge in [0.05, 0.1) is 13.2 Å². The Hall–Kier alpha value is -1.88.